The molecule has 0 aromatic heterocycles. The van der Waals surface area contributed by atoms with Gasteiger partial charge in [0.2, 0.25) is 0 Å². The van der Waals surface area contributed by atoms with Gasteiger partial charge in [0.05, 0.1) is 0 Å². The predicted molar refractivity (Wildman–Crippen MR) is 97.8 cm³/mol. The van der Waals surface area contributed by atoms with Gasteiger partial charge in [-0.05, 0) is 51.9 Å². The Morgan fingerprint density at radius 2 is 1.09 bits per heavy atom. The Kier molecular flexibility index (Phi) is 23.6. The topological polar surface area (TPSA) is 89.0 Å². The van der Waals surface area contributed by atoms with Crippen LogP contribution in [0.2, 0.25) is 12.1 Å². The number of unbranched alkanes of at least 4 members (excludes halogenated alkanes) is 2. The van der Waals surface area contributed by atoms with E-state index in [1.807, 2.05) is 13.8 Å². The molecule has 0 rings (SSSR count). The third-order valence-corrected chi connectivity index (χ3v) is 7.24. The summed E-state index contributed by atoms with van der Waals surface area (Å²) in [6.45, 7) is 7.14. The molecule has 0 unspecified atom stereocenters. The molecule has 0 aliphatic rings. The van der Waals surface area contributed by atoms with E-state index in [2.05, 4.69) is 0 Å². The number of hydrogen-bond donors (Lipinski definition) is 2. The summed E-state index contributed by atoms with van der Waals surface area (Å²) in [5, 5.41) is 0. The molecule has 0 aliphatic carbocycles. The van der Waals surface area contributed by atoms with Crippen LogP contribution < -0.4 is 11.5 Å². The maximum atomic E-state index is 5.50. The highest BCUT2D eigenvalue weighted by molar-refractivity contribution is 6.44. The summed E-state index contributed by atoms with van der Waals surface area (Å²) in [4.78, 5) is 0. The minimum absolute atomic E-state index is 0.772. The minimum Gasteiger partial charge on any atom is -0.400 e. The third-order valence-electron chi connectivity index (χ3n) is 3.02. The van der Waals surface area contributed by atoms with Gasteiger partial charge in [0.15, 0.2) is 0 Å². The van der Waals surface area contributed by atoms with Crippen molar-refractivity contribution in [3.8, 4) is 0 Å². The molecule has 0 aromatic carbocycles. The molecule has 0 atom stereocenters. The zero-order valence-electron chi connectivity index (χ0n) is 15.0. The zero-order valence-corrected chi connectivity index (χ0v) is 17.3. The van der Waals surface area contributed by atoms with Crippen LogP contribution >= 0.6 is 0 Å². The average molecular weight is 355 g/mol. The SMILES string of the molecule is CCO[SiH](CCCCN)OCC.CO[SiH](CCCCN)OC. The summed E-state index contributed by atoms with van der Waals surface area (Å²) in [5.74, 6) is 0. The lowest BCUT2D eigenvalue weighted by Crippen LogP contribution is -2.22. The number of nitrogens with two attached hydrogens (primary N) is 2. The van der Waals surface area contributed by atoms with E-state index in [1.165, 1.54) is 0 Å². The fraction of sp³-hybridized carbons (Fsp3) is 1.00. The van der Waals surface area contributed by atoms with Crippen molar-refractivity contribution in [3.63, 3.8) is 0 Å². The smallest absolute Gasteiger partial charge is 0.321 e. The van der Waals surface area contributed by atoms with Crippen LogP contribution in [-0.4, -0.2) is 59.1 Å². The van der Waals surface area contributed by atoms with E-state index < -0.39 is 18.6 Å². The molecule has 0 bridgehead atoms. The van der Waals surface area contributed by atoms with Gasteiger partial charge < -0.3 is 29.2 Å². The van der Waals surface area contributed by atoms with Gasteiger partial charge in [-0.1, -0.05) is 12.8 Å². The summed E-state index contributed by atoms with van der Waals surface area (Å²) in [6.07, 6.45) is 4.45. The standard InChI is InChI=1S/C8H21NO2Si.C6H17NO2Si/c1-3-10-12(11-4-2)8-6-5-7-9;1-8-10(9-2)6-4-3-5-7/h12H,3-9H2,1-2H3;10H,3-7H2,1-2H3. The fourth-order valence-electron chi connectivity index (χ4n) is 1.83. The Labute approximate surface area is 140 Å². The molecule has 136 valence electrons. The van der Waals surface area contributed by atoms with Crippen LogP contribution in [0.15, 0.2) is 0 Å². The Morgan fingerprint density at radius 3 is 1.41 bits per heavy atom. The summed E-state index contributed by atoms with van der Waals surface area (Å²) in [5.41, 5.74) is 10.7. The molecule has 6 nitrogen and oxygen atoms in total. The van der Waals surface area contributed by atoms with Crippen molar-refractivity contribution in [1.29, 1.82) is 0 Å². The van der Waals surface area contributed by atoms with Crippen molar-refractivity contribution < 1.29 is 17.7 Å². The highest BCUT2D eigenvalue weighted by Crippen LogP contribution is 2.03. The van der Waals surface area contributed by atoms with Crippen LogP contribution in [0.4, 0.5) is 0 Å². The fourth-order valence-corrected chi connectivity index (χ4v) is 4.91. The summed E-state index contributed by atoms with van der Waals surface area (Å²) >= 11 is 0. The molecule has 0 fully saturated rings. The van der Waals surface area contributed by atoms with Gasteiger partial charge in [0.25, 0.3) is 0 Å². The molecule has 0 aromatic rings. The quantitative estimate of drug-likeness (QED) is 0.360. The first-order chi connectivity index (χ1) is 10.7. The summed E-state index contributed by atoms with van der Waals surface area (Å²) in [6, 6.07) is 2.17. The average Bonchev–Trinajstić information content (AvgIpc) is 2.53. The van der Waals surface area contributed by atoms with Crippen molar-refractivity contribution in [1.82, 2.24) is 0 Å². The number of hydrogen-bond acceptors (Lipinski definition) is 6. The minimum atomic E-state index is -1.32. The van der Waals surface area contributed by atoms with Crippen molar-refractivity contribution in [2.45, 2.75) is 51.6 Å². The van der Waals surface area contributed by atoms with E-state index in [-0.39, 0.29) is 0 Å². The van der Waals surface area contributed by atoms with Crippen LogP contribution in [0, 0.1) is 0 Å². The van der Waals surface area contributed by atoms with Crippen LogP contribution in [0.25, 0.3) is 0 Å². The van der Waals surface area contributed by atoms with Gasteiger partial charge in [-0.2, -0.15) is 0 Å². The lowest BCUT2D eigenvalue weighted by atomic mass is 10.3. The summed E-state index contributed by atoms with van der Waals surface area (Å²) in [7, 11) is 0.822. The highest BCUT2D eigenvalue weighted by Gasteiger charge is 2.10. The Morgan fingerprint density at radius 1 is 0.682 bits per heavy atom. The molecule has 0 amide bonds. The summed E-state index contributed by atoms with van der Waals surface area (Å²) < 4.78 is 21.3. The normalized spacial score (nSPS) is 10.9. The zero-order chi connectivity index (χ0) is 17.1. The lowest BCUT2D eigenvalue weighted by molar-refractivity contribution is 0.212. The van der Waals surface area contributed by atoms with E-state index in [0.29, 0.717) is 0 Å². The van der Waals surface area contributed by atoms with E-state index in [0.717, 1.165) is 64.1 Å². The first-order valence-corrected chi connectivity index (χ1v) is 11.9. The van der Waals surface area contributed by atoms with Gasteiger partial charge in [-0.25, -0.2) is 0 Å². The van der Waals surface area contributed by atoms with Gasteiger partial charge in [0.1, 0.15) is 0 Å². The first-order valence-electron chi connectivity index (χ1n) is 8.38. The predicted octanol–water partition coefficient (Wildman–Crippen LogP) is 1.26. The Balaban J connectivity index is 0. The van der Waals surface area contributed by atoms with Gasteiger partial charge >= 0.3 is 18.6 Å². The molecule has 4 N–H and O–H groups in total. The monoisotopic (exact) mass is 354 g/mol. The van der Waals surface area contributed by atoms with Crippen LogP contribution in [0.1, 0.15) is 39.5 Å². The Bertz CT molecular complexity index is 196. The second-order valence-corrected chi connectivity index (χ2v) is 9.29. The maximum Gasteiger partial charge on any atom is 0.321 e. The van der Waals surface area contributed by atoms with Crippen LogP contribution in [-0.2, 0) is 17.7 Å². The van der Waals surface area contributed by atoms with Crippen molar-refractivity contribution >= 4 is 18.6 Å². The van der Waals surface area contributed by atoms with Crippen molar-refractivity contribution in [3.05, 3.63) is 0 Å². The van der Waals surface area contributed by atoms with E-state index >= 15 is 0 Å². The van der Waals surface area contributed by atoms with E-state index in [1.54, 1.807) is 14.2 Å². The molecular weight excluding hydrogens is 316 g/mol. The van der Waals surface area contributed by atoms with Crippen molar-refractivity contribution in [2.24, 2.45) is 11.5 Å². The van der Waals surface area contributed by atoms with E-state index in [4.69, 9.17) is 29.2 Å². The molecule has 0 saturated heterocycles. The number of rotatable bonds is 14. The largest absolute Gasteiger partial charge is 0.400 e. The maximum absolute atomic E-state index is 5.50. The Hall–Kier alpha value is 0.194. The third kappa shape index (κ3) is 18.2. The second kappa shape index (κ2) is 21.2. The van der Waals surface area contributed by atoms with Gasteiger partial charge in [-0.15, -0.1) is 0 Å². The van der Waals surface area contributed by atoms with Gasteiger partial charge in [0, 0.05) is 27.4 Å². The molecule has 0 radical (unpaired) electrons. The molecule has 22 heavy (non-hydrogen) atoms. The molecular formula is C14H38N2O4Si2. The molecule has 0 aliphatic heterocycles. The molecule has 0 spiro atoms. The lowest BCUT2D eigenvalue weighted by Gasteiger charge is -2.13. The molecule has 0 saturated carbocycles. The first kappa shape index (κ1) is 24.4. The van der Waals surface area contributed by atoms with E-state index in [9.17, 15) is 0 Å². The molecule has 8 heteroatoms. The molecule has 0 heterocycles. The van der Waals surface area contributed by atoms with Crippen molar-refractivity contribution in [2.75, 3.05) is 40.5 Å². The van der Waals surface area contributed by atoms with Crippen LogP contribution in [0.5, 0.6) is 0 Å². The van der Waals surface area contributed by atoms with Gasteiger partial charge in [-0.3, -0.25) is 0 Å². The second-order valence-electron chi connectivity index (χ2n) is 4.81. The highest BCUT2D eigenvalue weighted by atomic mass is 28.3. The van der Waals surface area contributed by atoms with Crippen LogP contribution in [0.3, 0.4) is 0 Å².